The van der Waals surface area contributed by atoms with Crippen LogP contribution in [0.2, 0.25) is 0 Å². The summed E-state index contributed by atoms with van der Waals surface area (Å²) in [5.74, 6) is 1.39. The highest BCUT2D eigenvalue weighted by Gasteiger charge is 2.22. The van der Waals surface area contributed by atoms with E-state index in [1.54, 1.807) is 11.8 Å². The number of aromatic amines is 1. The first-order chi connectivity index (χ1) is 13.1. The number of aryl methyl sites for hydroxylation is 1. The fourth-order valence-electron chi connectivity index (χ4n) is 3.66. The molecule has 2 aromatic carbocycles. The first kappa shape index (κ1) is 20.6. The third-order valence-corrected chi connectivity index (χ3v) is 6.23. The zero-order valence-corrected chi connectivity index (χ0v) is 17.4. The maximum Gasteiger partial charge on any atom is 0.230 e. The number of H-pyrrole nitrogens is 1. The normalized spacial score (nSPS) is 16.8. The summed E-state index contributed by atoms with van der Waals surface area (Å²) in [6.07, 6.45) is 3.08. The van der Waals surface area contributed by atoms with Gasteiger partial charge >= 0.3 is 0 Å². The molecule has 2 unspecified atom stereocenters. The minimum absolute atomic E-state index is 0. The smallest absolute Gasteiger partial charge is 0.230 e. The van der Waals surface area contributed by atoms with Crippen LogP contribution in [0.3, 0.4) is 0 Å². The van der Waals surface area contributed by atoms with Gasteiger partial charge in [0.1, 0.15) is 5.82 Å². The number of halogens is 1. The van der Waals surface area contributed by atoms with Crippen molar-refractivity contribution >= 4 is 46.8 Å². The van der Waals surface area contributed by atoms with E-state index in [-0.39, 0.29) is 29.6 Å². The highest BCUT2D eigenvalue weighted by Crippen LogP contribution is 2.32. The number of hydrogen-bond donors (Lipinski definition) is 3. The van der Waals surface area contributed by atoms with Crippen LogP contribution in [0.15, 0.2) is 42.5 Å². The van der Waals surface area contributed by atoms with Gasteiger partial charge < -0.3 is 16.0 Å². The molecule has 5 nitrogen and oxygen atoms in total. The third-order valence-electron chi connectivity index (χ3n) is 5.07. The average molecular weight is 417 g/mol. The highest BCUT2D eigenvalue weighted by molar-refractivity contribution is 8.00. The highest BCUT2D eigenvalue weighted by atomic mass is 35.5. The van der Waals surface area contributed by atoms with Crippen molar-refractivity contribution < 1.29 is 4.79 Å². The van der Waals surface area contributed by atoms with Crippen LogP contribution in [0.5, 0.6) is 0 Å². The van der Waals surface area contributed by atoms with Gasteiger partial charge in [-0.05, 0) is 61.6 Å². The minimum atomic E-state index is 0. The molecule has 0 bridgehead atoms. The van der Waals surface area contributed by atoms with Gasteiger partial charge in [-0.25, -0.2) is 4.98 Å². The third kappa shape index (κ3) is 4.45. The fourth-order valence-corrected chi connectivity index (χ4v) is 4.42. The summed E-state index contributed by atoms with van der Waals surface area (Å²) in [7, 11) is 0. The predicted molar refractivity (Wildman–Crippen MR) is 119 cm³/mol. The SMILES string of the molecule is CC(SCC(=O)NC1CCCc2cc(N)ccc21)c1nc2ccccc2[nH]1.Cl. The summed E-state index contributed by atoms with van der Waals surface area (Å²) in [6, 6.07) is 14.1. The largest absolute Gasteiger partial charge is 0.399 e. The molecule has 1 aromatic heterocycles. The van der Waals surface area contributed by atoms with Gasteiger partial charge in [0.2, 0.25) is 5.91 Å². The second-order valence-corrected chi connectivity index (χ2v) is 8.39. The van der Waals surface area contributed by atoms with Gasteiger partial charge in [0.15, 0.2) is 0 Å². The number of anilines is 1. The molecule has 7 heteroatoms. The second-order valence-electron chi connectivity index (χ2n) is 7.06. The quantitative estimate of drug-likeness (QED) is 0.532. The summed E-state index contributed by atoms with van der Waals surface area (Å²) in [4.78, 5) is 20.5. The Morgan fingerprint density at radius 2 is 2.18 bits per heavy atom. The number of carbonyl (C=O) groups excluding carboxylic acids is 1. The molecule has 28 heavy (non-hydrogen) atoms. The molecule has 1 heterocycles. The lowest BCUT2D eigenvalue weighted by molar-refractivity contribution is -0.119. The number of benzene rings is 2. The zero-order chi connectivity index (χ0) is 18.8. The van der Waals surface area contributed by atoms with Gasteiger partial charge in [-0.1, -0.05) is 18.2 Å². The van der Waals surface area contributed by atoms with Crippen LogP contribution in [0, 0.1) is 0 Å². The maximum atomic E-state index is 12.5. The molecule has 3 aromatic rings. The fraction of sp³-hybridized carbons (Fsp3) is 0.333. The van der Waals surface area contributed by atoms with E-state index in [1.807, 2.05) is 36.4 Å². The van der Waals surface area contributed by atoms with Crippen molar-refractivity contribution in [3.63, 3.8) is 0 Å². The van der Waals surface area contributed by atoms with Crippen LogP contribution in [-0.4, -0.2) is 21.6 Å². The number of aromatic nitrogens is 2. The molecule has 0 spiro atoms. The zero-order valence-electron chi connectivity index (χ0n) is 15.8. The number of nitrogens with one attached hydrogen (secondary N) is 2. The summed E-state index contributed by atoms with van der Waals surface area (Å²) >= 11 is 1.60. The van der Waals surface area contributed by atoms with Crippen molar-refractivity contribution in [2.24, 2.45) is 0 Å². The Labute approximate surface area is 175 Å². The second kappa shape index (κ2) is 8.88. The molecule has 1 aliphatic carbocycles. The molecule has 4 N–H and O–H groups in total. The average Bonchev–Trinajstić information content (AvgIpc) is 3.10. The minimum Gasteiger partial charge on any atom is -0.399 e. The molecule has 0 aliphatic heterocycles. The molecule has 1 aliphatic rings. The molecule has 4 rings (SSSR count). The molecule has 0 radical (unpaired) electrons. The van der Waals surface area contributed by atoms with Crippen molar-refractivity contribution in [1.82, 2.24) is 15.3 Å². The van der Waals surface area contributed by atoms with Gasteiger partial charge in [-0.3, -0.25) is 4.79 Å². The Kier molecular flexibility index (Phi) is 6.52. The number of nitrogens with zero attached hydrogens (tertiary/aromatic N) is 1. The number of fused-ring (bicyclic) bond motifs is 2. The van der Waals surface area contributed by atoms with Gasteiger partial charge in [0, 0.05) is 5.69 Å². The van der Waals surface area contributed by atoms with E-state index in [4.69, 9.17) is 5.73 Å². The van der Waals surface area contributed by atoms with Gasteiger partial charge in [-0.15, -0.1) is 24.2 Å². The molecule has 0 fully saturated rings. The number of rotatable bonds is 5. The summed E-state index contributed by atoms with van der Waals surface area (Å²) < 4.78 is 0. The predicted octanol–water partition coefficient (Wildman–Crippen LogP) is 4.55. The van der Waals surface area contributed by atoms with E-state index in [1.165, 1.54) is 11.1 Å². The van der Waals surface area contributed by atoms with Crippen LogP contribution in [0.25, 0.3) is 11.0 Å². The molecule has 2 atom stereocenters. The van der Waals surface area contributed by atoms with Crippen molar-refractivity contribution in [2.45, 2.75) is 37.5 Å². The molecule has 0 saturated carbocycles. The number of hydrogen-bond acceptors (Lipinski definition) is 4. The van der Waals surface area contributed by atoms with Crippen LogP contribution in [0.4, 0.5) is 5.69 Å². The molecule has 1 amide bonds. The van der Waals surface area contributed by atoms with Crippen LogP contribution >= 0.6 is 24.2 Å². The Bertz CT molecular complexity index is 941. The number of imidazole rings is 1. The lowest BCUT2D eigenvalue weighted by atomic mass is 9.87. The van der Waals surface area contributed by atoms with E-state index in [0.29, 0.717) is 5.75 Å². The van der Waals surface area contributed by atoms with Gasteiger partial charge in [0.25, 0.3) is 0 Å². The lowest BCUT2D eigenvalue weighted by Crippen LogP contribution is -2.32. The first-order valence-corrected chi connectivity index (χ1v) is 10.4. The summed E-state index contributed by atoms with van der Waals surface area (Å²) in [6.45, 7) is 2.08. The van der Waals surface area contributed by atoms with Crippen LogP contribution in [-0.2, 0) is 11.2 Å². The van der Waals surface area contributed by atoms with Crippen molar-refractivity contribution in [3.8, 4) is 0 Å². The van der Waals surface area contributed by atoms with E-state index in [2.05, 4.69) is 28.3 Å². The van der Waals surface area contributed by atoms with Crippen molar-refractivity contribution in [1.29, 1.82) is 0 Å². The van der Waals surface area contributed by atoms with Gasteiger partial charge in [0.05, 0.1) is 28.1 Å². The Morgan fingerprint density at radius 1 is 1.36 bits per heavy atom. The Balaban J connectivity index is 0.00000225. The Morgan fingerprint density at radius 3 is 3.00 bits per heavy atom. The topological polar surface area (TPSA) is 83.8 Å². The van der Waals surface area contributed by atoms with Crippen LogP contribution in [0.1, 0.15) is 48.0 Å². The monoisotopic (exact) mass is 416 g/mol. The first-order valence-electron chi connectivity index (χ1n) is 9.34. The standard InChI is InChI=1S/C21H24N4OS.ClH/c1-13(21-24-18-6-2-3-7-19(18)25-21)27-12-20(26)23-17-8-4-5-14-11-15(22)9-10-16(14)17;/h2-3,6-7,9-11,13,17H,4-5,8,12,22H2,1H3,(H,23,26)(H,24,25);1H. The number of nitrogens with two attached hydrogens (primary N) is 1. The number of carbonyl (C=O) groups is 1. The van der Waals surface area contributed by atoms with E-state index < -0.39 is 0 Å². The van der Waals surface area contributed by atoms with E-state index >= 15 is 0 Å². The van der Waals surface area contributed by atoms with Gasteiger partial charge in [-0.2, -0.15) is 0 Å². The maximum absolute atomic E-state index is 12.5. The van der Waals surface area contributed by atoms with Crippen molar-refractivity contribution in [2.75, 3.05) is 11.5 Å². The van der Waals surface area contributed by atoms with Crippen LogP contribution < -0.4 is 11.1 Å². The Hall–Kier alpha value is -2.18. The number of thioether (sulfide) groups is 1. The molecule has 0 saturated heterocycles. The molecular formula is C21H25ClN4OS. The summed E-state index contributed by atoms with van der Waals surface area (Å²) in [5, 5.41) is 3.32. The number of para-hydroxylation sites is 2. The molecule has 148 valence electrons. The van der Waals surface area contributed by atoms with E-state index in [0.717, 1.165) is 41.8 Å². The summed E-state index contributed by atoms with van der Waals surface area (Å²) in [5.41, 5.74) is 11.1. The van der Waals surface area contributed by atoms with Crippen molar-refractivity contribution in [3.05, 3.63) is 59.4 Å². The number of amides is 1. The number of nitrogen functional groups attached to an aromatic ring is 1. The molecular weight excluding hydrogens is 392 g/mol. The lowest BCUT2D eigenvalue weighted by Gasteiger charge is -2.26. The van der Waals surface area contributed by atoms with E-state index in [9.17, 15) is 4.79 Å².